The molecule has 0 saturated carbocycles. The lowest BCUT2D eigenvalue weighted by Crippen LogP contribution is -2.22. The zero-order chi connectivity index (χ0) is 12.3. The zero-order valence-electron chi connectivity index (χ0n) is 9.24. The van der Waals surface area contributed by atoms with Gasteiger partial charge in [0.2, 0.25) is 0 Å². The fourth-order valence-corrected chi connectivity index (χ4v) is 2.60. The van der Waals surface area contributed by atoms with Crippen molar-refractivity contribution in [3.63, 3.8) is 0 Å². The second-order valence-corrected chi connectivity index (χ2v) is 5.31. The van der Waals surface area contributed by atoms with Crippen LogP contribution < -0.4 is 5.32 Å². The molecule has 1 N–H and O–H groups in total. The Bertz CT molecular complexity index is 539. The summed E-state index contributed by atoms with van der Waals surface area (Å²) in [6.45, 7) is 2.60. The summed E-state index contributed by atoms with van der Waals surface area (Å²) < 4.78 is 0.803. The van der Waals surface area contributed by atoms with E-state index in [1.807, 2.05) is 6.92 Å². The van der Waals surface area contributed by atoms with Crippen LogP contribution in [-0.2, 0) is 6.54 Å². The van der Waals surface area contributed by atoms with Gasteiger partial charge in [-0.25, -0.2) is 0 Å². The van der Waals surface area contributed by atoms with Crippen LogP contribution in [0, 0.1) is 6.92 Å². The van der Waals surface area contributed by atoms with Crippen LogP contribution in [0.25, 0.3) is 0 Å². The largest absolute Gasteiger partial charge is 0.348 e. The predicted octanol–water partition coefficient (Wildman–Crippen LogP) is 3.14. The number of hydrogen-bond acceptors (Lipinski definition) is 3. The van der Waals surface area contributed by atoms with Crippen molar-refractivity contribution in [1.82, 2.24) is 10.3 Å². The van der Waals surface area contributed by atoms with Crippen molar-refractivity contribution >= 4 is 33.2 Å². The molecule has 2 rings (SSSR count). The third kappa shape index (κ3) is 3.14. The molecule has 3 nitrogen and oxygen atoms in total. The monoisotopic (exact) mass is 310 g/mol. The van der Waals surface area contributed by atoms with Gasteiger partial charge in [-0.15, -0.1) is 0 Å². The summed E-state index contributed by atoms with van der Waals surface area (Å²) >= 11 is 4.94. The van der Waals surface area contributed by atoms with Crippen LogP contribution in [0.4, 0.5) is 0 Å². The Kier molecular flexibility index (Phi) is 3.91. The summed E-state index contributed by atoms with van der Waals surface area (Å²) in [6.07, 6.45) is 3.21. The molecule has 2 aromatic rings. The molecule has 0 aliphatic rings. The summed E-state index contributed by atoms with van der Waals surface area (Å²) in [5.41, 5.74) is 2.93. The van der Waals surface area contributed by atoms with E-state index in [4.69, 9.17) is 0 Å². The summed E-state index contributed by atoms with van der Waals surface area (Å²) in [5, 5.41) is 7.00. The highest BCUT2D eigenvalue weighted by molar-refractivity contribution is 9.10. The highest BCUT2D eigenvalue weighted by Crippen LogP contribution is 2.14. The minimum absolute atomic E-state index is 0.107. The first-order valence-corrected chi connectivity index (χ1v) is 6.81. The van der Waals surface area contributed by atoms with Gasteiger partial charge in [-0.2, -0.15) is 11.3 Å². The Morgan fingerprint density at radius 2 is 2.29 bits per heavy atom. The van der Waals surface area contributed by atoms with Crippen LogP contribution in [0.5, 0.6) is 0 Å². The number of amides is 1. The zero-order valence-corrected chi connectivity index (χ0v) is 11.6. The third-order valence-corrected chi connectivity index (χ3v) is 3.71. The standard InChI is InChI=1S/C12H11BrN2OS/c1-8-6-17-7-10(8)4-15-12(16)9-2-11(13)5-14-3-9/h2-3,5-7H,4H2,1H3,(H,15,16). The minimum atomic E-state index is -0.107. The first-order chi connectivity index (χ1) is 8.16. The molecule has 0 spiro atoms. The Morgan fingerprint density at radius 1 is 1.47 bits per heavy atom. The molecular weight excluding hydrogens is 300 g/mol. The van der Waals surface area contributed by atoms with Gasteiger partial charge in [0, 0.05) is 23.4 Å². The van der Waals surface area contributed by atoms with Crippen molar-refractivity contribution < 1.29 is 4.79 Å². The van der Waals surface area contributed by atoms with Crippen LogP contribution >= 0.6 is 27.3 Å². The molecular formula is C12H11BrN2OS. The van der Waals surface area contributed by atoms with E-state index in [2.05, 4.69) is 37.0 Å². The number of aryl methyl sites for hydroxylation is 1. The highest BCUT2D eigenvalue weighted by atomic mass is 79.9. The van der Waals surface area contributed by atoms with Crippen molar-refractivity contribution in [2.75, 3.05) is 0 Å². The molecule has 0 aromatic carbocycles. The molecule has 2 heterocycles. The molecule has 0 fully saturated rings. The van der Waals surface area contributed by atoms with Crippen LogP contribution in [0.15, 0.2) is 33.7 Å². The number of thiophene rings is 1. The second-order valence-electron chi connectivity index (χ2n) is 3.65. The van der Waals surface area contributed by atoms with E-state index in [0.29, 0.717) is 12.1 Å². The second kappa shape index (κ2) is 5.42. The van der Waals surface area contributed by atoms with Gasteiger partial charge in [0.15, 0.2) is 0 Å². The Morgan fingerprint density at radius 3 is 2.94 bits per heavy atom. The number of nitrogens with zero attached hydrogens (tertiary/aromatic N) is 1. The number of carbonyl (C=O) groups is 1. The van der Waals surface area contributed by atoms with E-state index in [1.165, 1.54) is 5.56 Å². The fraction of sp³-hybridized carbons (Fsp3) is 0.167. The number of carbonyl (C=O) groups excluding carboxylic acids is 1. The third-order valence-electron chi connectivity index (χ3n) is 2.37. The lowest BCUT2D eigenvalue weighted by Gasteiger charge is -2.04. The minimum Gasteiger partial charge on any atom is -0.348 e. The lowest BCUT2D eigenvalue weighted by atomic mass is 10.2. The van der Waals surface area contributed by atoms with E-state index in [0.717, 1.165) is 10.0 Å². The maximum Gasteiger partial charge on any atom is 0.253 e. The Labute approximate surface area is 112 Å². The van der Waals surface area contributed by atoms with Crippen LogP contribution in [0.1, 0.15) is 21.5 Å². The molecule has 0 aliphatic carbocycles. The first kappa shape index (κ1) is 12.3. The van der Waals surface area contributed by atoms with Crippen molar-refractivity contribution in [2.24, 2.45) is 0 Å². The smallest absolute Gasteiger partial charge is 0.253 e. The van der Waals surface area contributed by atoms with Gasteiger partial charge < -0.3 is 5.32 Å². The maximum absolute atomic E-state index is 11.8. The van der Waals surface area contributed by atoms with Gasteiger partial charge >= 0.3 is 0 Å². The number of aromatic nitrogens is 1. The molecule has 0 unspecified atom stereocenters. The topological polar surface area (TPSA) is 42.0 Å². The number of halogens is 1. The first-order valence-electron chi connectivity index (χ1n) is 5.07. The summed E-state index contributed by atoms with van der Waals surface area (Å²) in [6, 6.07) is 1.75. The van der Waals surface area contributed by atoms with Gasteiger partial charge in [0.25, 0.3) is 5.91 Å². The van der Waals surface area contributed by atoms with E-state index < -0.39 is 0 Å². The van der Waals surface area contributed by atoms with Gasteiger partial charge in [-0.05, 0) is 50.8 Å². The lowest BCUT2D eigenvalue weighted by molar-refractivity contribution is 0.0950. The molecule has 0 radical (unpaired) electrons. The number of rotatable bonds is 3. The van der Waals surface area contributed by atoms with E-state index >= 15 is 0 Å². The number of nitrogens with one attached hydrogen (secondary N) is 1. The number of hydrogen-bond donors (Lipinski definition) is 1. The summed E-state index contributed by atoms with van der Waals surface area (Å²) in [7, 11) is 0. The quantitative estimate of drug-likeness (QED) is 0.946. The van der Waals surface area contributed by atoms with Crippen molar-refractivity contribution in [3.05, 3.63) is 50.4 Å². The molecule has 0 aliphatic heterocycles. The van der Waals surface area contributed by atoms with Gasteiger partial charge in [0.1, 0.15) is 0 Å². The van der Waals surface area contributed by atoms with Crippen molar-refractivity contribution in [3.8, 4) is 0 Å². The van der Waals surface area contributed by atoms with E-state index in [1.54, 1.807) is 29.8 Å². The molecule has 0 bridgehead atoms. The van der Waals surface area contributed by atoms with E-state index in [9.17, 15) is 4.79 Å². The van der Waals surface area contributed by atoms with Gasteiger partial charge in [0.05, 0.1) is 5.56 Å². The predicted molar refractivity (Wildman–Crippen MR) is 72.2 cm³/mol. The fourth-order valence-electron chi connectivity index (χ4n) is 1.38. The van der Waals surface area contributed by atoms with Crippen molar-refractivity contribution in [1.29, 1.82) is 0 Å². The van der Waals surface area contributed by atoms with Crippen LogP contribution in [0.3, 0.4) is 0 Å². The molecule has 1 amide bonds. The number of pyridine rings is 1. The molecule has 0 atom stereocenters. The summed E-state index contributed by atoms with van der Waals surface area (Å²) in [4.78, 5) is 15.8. The average molecular weight is 311 g/mol. The maximum atomic E-state index is 11.8. The molecule has 88 valence electrons. The van der Waals surface area contributed by atoms with Gasteiger partial charge in [-0.3, -0.25) is 9.78 Å². The highest BCUT2D eigenvalue weighted by Gasteiger charge is 2.07. The SMILES string of the molecule is Cc1cscc1CNC(=O)c1cncc(Br)c1. The van der Waals surface area contributed by atoms with E-state index in [-0.39, 0.29) is 5.91 Å². The summed E-state index contributed by atoms with van der Waals surface area (Å²) in [5.74, 6) is -0.107. The normalized spacial score (nSPS) is 10.2. The van der Waals surface area contributed by atoms with Gasteiger partial charge in [-0.1, -0.05) is 0 Å². The van der Waals surface area contributed by atoms with Crippen LogP contribution in [-0.4, -0.2) is 10.9 Å². The molecule has 5 heteroatoms. The average Bonchev–Trinajstić information content (AvgIpc) is 2.72. The van der Waals surface area contributed by atoms with Crippen LogP contribution in [0.2, 0.25) is 0 Å². The molecule has 17 heavy (non-hydrogen) atoms. The Hall–Kier alpha value is -1.20. The van der Waals surface area contributed by atoms with Crippen molar-refractivity contribution in [2.45, 2.75) is 13.5 Å². The molecule has 2 aromatic heterocycles. The molecule has 0 saturated heterocycles. The Balaban J connectivity index is 2.01.